The summed E-state index contributed by atoms with van der Waals surface area (Å²) in [7, 11) is 0. The van der Waals surface area contributed by atoms with E-state index in [2.05, 4.69) is 12.2 Å². The van der Waals surface area contributed by atoms with Crippen LogP contribution in [0.5, 0.6) is 0 Å². The van der Waals surface area contributed by atoms with E-state index in [0.29, 0.717) is 6.04 Å². The van der Waals surface area contributed by atoms with Crippen molar-refractivity contribution in [3.8, 4) is 0 Å². The van der Waals surface area contributed by atoms with E-state index in [1.807, 2.05) is 12.1 Å². The Kier molecular flexibility index (Phi) is 2.82. The van der Waals surface area contributed by atoms with Gasteiger partial charge in [0.05, 0.1) is 0 Å². The minimum Gasteiger partial charge on any atom is -0.310 e. The van der Waals surface area contributed by atoms with Gasteiger partial charge in [0.25, 0.3) is 0 Å². The van der Waals surface area contributed by atoms with Crippen LogP contribution in [0, 0.1) is 11.7 Å². The smallest absolute Gasteiger partial charge is 0.123 e. The molecule has 2 atom stereocenters. The Hall–Kier alpha value is -0.890. The number of piperidine rings is 1. The second-order valence-corrected chi connectivity index (χ2v) is 4.19. The van der Waals surface area contributed by atoms with Crippen LogP contribution < -0.4 is 5.32 Å². The number of halogens is 1. The maximum absolute atomic E-state index is 12.7. The van der Waals surface area contributed by atoms with E-state index in [1.54, 1.807) is 0 Å². The molecule has 0 aromatic heterocycles. The largest absolute Gasteiger partial charge is 0.310 e. The van der Waals surface area contributed by atoms with Gasteiger partial charge in [0, 0.05) is 6.04 Å². The molecule has 1 aromatic rings. The zero-order chi connectivity index (χ0) is 9.97. The molecule has 1 aliphatic heterocycles. The third kappa shape index (κ3) is 2.13. The molecule has 1 heterocycles. The van der Waals surface area contributed by atoms with Crippen LogP contribution in [0.2, 0.25) is 0 Å². The normalized spacial score (nSPS) is 27.6. The SMILES string of the molecule is CC1CC[C@@H](c2ccc(F)cc2)NC1. The van der Waals surface area contributed by atoms with Gasteiger partial charge < -0.3 is 5.32 Å². The van der Waals surface area contributed by atoms with Gasteiger partial charge in [-0.2, -0.15) is 0 Å². The van der Waals surface area contributed by atoms with E-state index in [4.69, 9.17) is 0 Å². The zero-order valence-corrected chi connectivity index (χ0v) is 8.46. The van der Waals surface area contributed by atoms with Crippen LogP contribution in [0.3, 0.4) is 0 Å². The highest BCUT2D eigenvalue weighted by Gasteiger charge is 2.18. The molecule has 1 unspecified atom stereocenters. The second-order valence-electron chi connectivity index (χ2n) is 4.19. The Morgan fingerprint density at radius 1 is 1.21 bits per heavy atom. The van der Waals surface area contributed by atoms with Crippen molar-refractivity contribution in [2.45, 2.75) is 25.8 Å². The van der Waals surface area contributed by atoms with Gasteiger partial charge in [-0.15, -0.1) is 0 Å². The number of nitrogens with one attached hydrogen (secondary N) is 1. The lowest BCUT2D eigenvalue weighted by molar-refractivity contribution is 0.333. The molecule has 2 rings (SSSR count). The molecule has 76 valence electrons. The molecule has 0 aliphatic carbocycles. The molecular formula is C12H16FN. The first-order valence-corrected chi connectivity index (χ1v) is 5.24. The summed E-state index contributed by atoms with van der Waals surface area (Å²) in [5, 5.41) is 3.48. The molecule has 0 spiro atoms. The molecule has 1 aromatic carbocycles. The Labute approximate surface area is 84.3 Å². The highest BCUT2D eigenvalue weighted by atomic mass is 19.1. The Morgan fingerprint density at radius 3 is 2.50 bits per heavy atom. The van der Waals surface area contributed by atoms with Crippen molar-refractivity contribution in [2.75, 3.05) is 6.54 Å². The molecule has 1 saturated heterocycles. The Morgan fingerprint density at radius 2 is 1.93 bits per heavy atom. The fourth-order valence-corrected chi connectivity index (χ4v) is 1.98. The number of rotatable bonds is 1. The fraction of sp³-hybridized carbons (Fsp3) is 0.500. The van der Waals surface area contributed by atoms with Crippen molar-refractivity contribution in [3.63, 3.8) is 0 Å². The molecule has 0 bridgehead atoms. The fourth-order valence-electron chi connectivity index (χ4n) is 1.98. The summed E-state index contributed by atoms with van der Waals surface area (Å²) < 4.78 is 12.7. The minimum atomic E-state index is -0.155. The van der Waals surface area contributed by atoms with E-state index in [9.17, 15) is 4.39 Å². The minimum absolute atomic E-state index is 0.155. The summed E-state index contributed by atoms with van der Waals surface area (Å²) in [6.07, 6.45) is 2.42. The predicted octanol–water partition coefficient (Wildman–Crippen LogP) is 2.89. The molecule has 0 saturated carbocycles. The summed E-state index contributed by atoms with van der Waals surface area (Å²) >= 11 is 0. The van der Waals surface area contributed by atoms with Crippen molar-refractivity contribution in [1.82, 2.24) is 5.32 Å². The molecular weight excluding hydrogens is 177 g/mol. The quantitative estimate of drug-likeness (QED) is 0.723. The van der Waals surface area contributed by atoms with Gasteiger partial charge in [-0.25, -0.2) is 4.39 Å². The highest BCUT2D eigenvalue weighted by molar-refractivity contribution is 5.20. The summed E-state index contributed by atoms with van der Waals surface area (Å²) in [6, 6.07) is 7.25. The average molecular weight is 193 g/mol. The zero-order valence-electron chi connectivity index (χ0n) is 8.46. The van der Waals surface area contributed by atoms with Crippen molar-refractivity contribution in [1.29, 1.82) is 0 Å². The molecule has 1 N–H and O–H groups in total. The molecule has 0 radical (unpaired) electrons. The second kappa shape index (κ2) is 4.09. The van der Waals surface area contributed by atoms with Crippen LogP contribution in [-0.4, -0.2) is 6.54 Å². The van der Waals surface area contributed by atoms with Gasteiger partial charge in [0.1, 0.15) is 5.82 Å². The lowest BCUT2D eigenvalue weighted by Crippen LogP contribution is -2.31. The number of benzene rings is 1. The van der Waals surface area contributed by atoms with E-state index in [-0.39, 0.29) is 5.82 Å². The van der Waals surface area contributed by atoms with Crippen LogP contribution in [0.25, 0.3) is 0 Å². The maximum atomic E-state index is 12.7. The average Bonchev–Trinajstić information content (AvgIpc) is 2.21. The third-order valence-electron chi connectivity index (χ3n) is 2.93. The van der Waals surface area contributed by atoms with Crippen molar-refractivity contribution >= 4 is 0 Å². The van der Waals surface area contributed by atoms with Crippen molar-refractivity contribution in [2.24, 2.45) is 5.92 Å². The molecule has 1 fully saturated rings. The Bertz CT molecular complexity index is 286. The van der Waals surface area contributed by atoms with Crippen molar-refractivity contribution < 1.29 is 4.39 Å². The topological polar surface area (TPSA) is 12.0 Å². The molecule has 14 heavy (non-hydrogen) atoms. The third-order valence-corrected chi connectivity index (χ3v) is 2.93. The molecule has 1 aliphatic rings. The van der Waals surface area contributed by atoms with Gasteiger partial charge in [0.15, 0.2) is 0 Å². The van der Waals surface area contributed by atoms with Crippen LogP contribution in [0.4, 0.5) is 4.39 Å². The van der Waals surface area contributed by atoms with Crippen LogP contribution in [0.15, 0.2) is 24.3 Å². The molecule has 2 heteroatoms. The number of hydrogen-bond donors (Lipinski definition) is 1. The van der Waals surface area contributed by atoms with Crippen LogP contribution >= 0.6 is 0 Å². The standard InChI is InChI=1S/C12H16FN/c1-9-2-7-12(14-8-9)10-3-5-11(13)6-4-10/h3-6,9,12,14H,2,7-8H2,1H3/t9?,12-/m0/s1. The van der Waals surface area contributed by atoms with Gasteiger partial charge in [-0.3, -0.25) is 0 Å². The van der Waals surface area contributed by atoms with E-state index in [0.717, 1.165) is 18.9 Å². The van der Waals surface area contributed by atoms with Gasteiger partial charge in [-0.1, -0.05) is 19.1 Å². The summed E-state index contributed by atoms with van der Waals surface area (Å²) in [4.78, 5) is 0. The predicted molar refractivity (Wildman–Crippen MR) is 55.5 cm³/mol. The van der Waals surface area contributed by atoms with E-state index < -0.39 is 0 Å². The first-order valence-electron chi connectivity index (χ1n) is 5.24. The number of hydrogen-bond acceptors (Lipinski definition) is 1. The van der Waals surface area contributed by atoms with Gasteiger partial charge >= 0.3 is 0 Å². The van der Waals surface area contributed by atoms with E-state index >= 15 is 0 Å². The monoisotopic (exact) mass is 193 g/mol. The van der Waals surface area contributed by atoms with E-state index in [1.165, 1.54) is 24.1 Å². The maximum Gasteiger partial charge on any atom is 0.123 e. The van der Waals surface area contributed by atoms with Crippen LogP contribution in [-0.2, 0) is 0 Å². The molecule has 0 amide bonds. The first kappa shape index (κ1) is 9.66. The van der Waals surface area contributed by atoms with Crippen molar-refractivity contribution in [3.05, 3.63) is 35.6 Å². The lowest BCUT2D eigenvalue weighted by Gasteiger charge is -2.28. The molecule has 1 nitrogen and oxygen atoms in total. The van der Waals surface area contributed by atoms with Gasteiger partial charge in [0.2, 0.25) is 0 Å². The Balaban J connectivity index is 2.05. The van der Waals surface area contributed by atoms with Gasteiger partial charge in [-0.05, 0) is 43.0 Å². The van der Waals surface area contributed by atoms with Crippen LogP contribution in [0.1, 0.15) is 31.4 Å². The summed E-state index contributed by atoms with van der Waals surface area (Å²) in [5.74, 6) is 0.615. The highest BCUT2D eigenvalue weighted by Crippen LogP contribution is 2.25. The lowest BCUT2D eigenvalue weighted by atomic mass is 9.92. The summed E-state index contributed by atoms with van der Waals surface area (Å²) in [6.45, 7) is 3.33. The summed E-state index contributed by atoms with van der Waals surface area (Å²) in [5.41, 5.74) is 1.21. The first-order chi connectivity index (χ1) is 6.75.